The maximum absolute atomic E-state index is 11.7. The number of amides is 1. The first-order valence-electron chi connectivity index (χ1n) is 6.68. The number of carbonyl (C=O) groups excluding carboxylic acids is 1. The summed E-state index contributed by atoms with van der Waals surface area (Å²) < 4.78 is 10.4. The third kappa shape index (κ3) is 5.20. The predicted molar refractivity (Wildman–Crippen MR) is 75.8 cm³/mol. The minimum atomic E-state index is 0.0447. The van der Waals surface area contributed by atoms with E-state index in [1.165, 1.54) is 0 Å². The Morgan fingerprint density at radius 1 is 1.16 bits per heavy atom. The van der Waals surface area contributed by atoms with Gasteiger partial charge in [0.1, 0.15) is 0 Å². The molecule has 0 fully saturated rings. The van der Waals surface area contributed by atoms with Crippen molar-refractivity contribution in [3.8, 4) is 11.5 Å². The molecule has 1 amide bonds. The fraction of sp³-hybridized carbons (Fsp3) is 0.533. The first kappa shape index (κ1) is 15.3. The van der Waals surface area contributed by atoms with Crippen LogP contribution < -0.4 is 14.8 Å². The quantitative estimate of drug-likeness (QED) is 0.735. The van der Waals surface area contributed by atoms with Gasteiger partial charge in [0.25, 0.3) is 0 Å². The number of hydrogen-bond acceptors (Lipinski definition) is 3. The normalized spacial score (nSPS) is 10.1. The van der Waals surface area contributed by atoms with Gasteiger partial charge in [-0.05, 0) is 24.1 Å². The molecule has 0 bridgehead atoms. The number of rotatable bonds is 8. The average molecular weight is 265 g/mol. The molecule has 1 N–H and O–H groups in total. The van der Waals surface area contributed by atoms with E-state index < -0.39 is 0 Å². The van der Waals surface area contributed by atoms with Gasteiger partial charge in [-0.3, -0.25) is 4.79 Å². The molecule has 0 aliphatic carbocycles. The van der Waals surface area contributed by atoms with Gasteiger partial charge >= 0.3 is 0 Å². The van der Waals surface area contributed by atoms with E-state index in [4.69, 9.17) is 9.47 Å². The van der Waals surface area contributed by atoms with Crippen molar-refractivity contribution in [3.05, 3.63) is 23.8 Å². The van der Waals surface area contributed by atoms with Gasteiger partial charge in [-0.2, -0.15) is 0 Å². The molecule has 0 aliphatic rings. The van der Waals surface area contributed by atoms with Gasteiger partial charge in [0.05, 0.1) is 20.6 Å². The molecule has 4 heteroatoms. The number of nitrogens with one attached hydrogen (secondary N) is 1. The Morgan fingerprint density at radius 2 is 1.89 bits per heavy atom. The molecule has 0 radical (unpaired) electrons. The first-order valence-corrected chi connectivity index (χ1v) is 6.68. The lowest BCUT2D eigenvalue weighted by atomic mass is 10.1. The van der Waals surface area contributed by atoms with E-state index in [0.29, 0.717) is 17.9 Å². The van der Waals surface area contributed by atoms with E-state index in [0.717, 1.165) is 31.4 Å². The van der Waals surface area contributed by atoms with Crippen LogP contribution in [0.15, 0.2) is 18.2 Å². The molecule has 0 heterocycles. The predicted octanol–water partition coefficient (Wildman–Crippen LogP) is 2.55. The second kappa shape index (κ2) is 8.40. The monoisotopic (exact) mass is 265 g/mol. The highest BCUT2D eigenvalue weighted by Gasteiger charge is 2.07. The summed E-state index contributed by atoms with van der Waals surface area (Å²) in [6, 6.07) is 5.54. The van der Waals surface area contributed by atoms with Crippen LogP contribution in [-0.2, 0) is 11.2 Å². The zero-order valence-corrected chi connectivity index (χ0v) is 12.0. The van der Waals surface area contributed by atoms with Crippen LogP contribution in [0.5, 0.6) is 11.5 Å². The highest BCUT2D eigenvalue weighted by Crippen LogP contribution is 2.27. The molecule has 1 aromatic rings. The molecule has 4 nitrogen and oxygen atoms in total. The molecule has 19 heavy (non-hydrogen) atoms. The molecular formula is C15H23NO3. The van der Waals surface area contributed by atoms with Crippen molar-refractivity contribution in [2.45, 2.75) is 32.6 Å². The third-order valence-electron chi connectivity index (χ3n) is 2.92. The number of hydrogen-bond donors (Lipinski definition) is 1. The molecule has 0 aliphatic heterocycles. The number of benzene rings is 1. The molecule has 0 aromatic heterocycles. The molecular weight excluding hydrogens is 242 g/mol. The summed E-state index contributed by atoms with van der Waals surface area (Å²) in [5.74, 6) is 1.37. The topological polar surface area (TPSA) is 47.6 Å². The van der Waals surface area contributed by atoms with Crippen molar-refractivity contribution >= 4 is 5.91 Å². The van der Waals surface area contributed by atoms with Crippen molar-refractivity contribution in [1.29, 1.82) is 0 Å². The number of methoxy groups -OCH3 is 2. The van der Waals surface area contributed by atoms with Crippen molar-refractivity contribution in [2.24, 2.45) is 0 Å². The van der Waals surface area contributed by atoms with Crippen LogP contribution in [0.3, 0.4) is 0 Å². The van der Waals surface area contributed by atoms with Crippen LogP contribution in [0, 0.1) is 0 Å². The van der Waals surface area contributed by atoms with E-state index >= 15 is 0 Å². The summed E-state index contributed by atoms with van der Waals surface area (Å²) in [6.45, 7) is 2.89. The summed E-state index contributed by atoms with van der Waals surface area (Å²) in [6.07, 6.45) is 3.71. The van der Waals surface area contributed by atoms with Crippen LogP contribution in [0.4, 0.5) is 0 Å². The van der Waals surface area contributed by atoms with Gasteiger partial charge in [0.15, 0.2) is 11.5 Å². The number of unbranched alkanes of at least 4 members (excludes halogenated alkanes) is 2. The lowest BCUT2D eigenvalue weighted by Gasteiger charge is -2.09. The zero-order chi connectivity index (χ0) is 14.1. The van der Waals surface area contributed by atoms with Crippen molar-refractivity contribution in [1.82, 2.24) is 5.32 Å². The third-order valence-corrected chi connectivity index (χ3v) is 2.92. The molecule has 0 saturated heterocycles. The van der Waals surface area contributed by atoms with Crippen molar-refractivity contribution in [2.75, 3.05) is 20.8 Å². The lowest BCUT2D eigenvalue weighted by molar-refractivity contribution is -0.120. The Bertz CT molecular complexity index is 404. The van der Waals surface area contributed by atoms with Gasteiger partial charge in [-0.1, -0.05) is 25.8 Å². The van der Waals surface area contributed by atoms with E-state index in [1.807, 2.05) is 18.2 Å². The smallest absolute Gasteiger partial charge is 0.224 e. The maximum atomic E-state index is 11.7. The Labute approximate surface area is 115 Å². The van der Waals surface area contributed by atoms with Gasteiger partial charge in [-0.15, -0.1) is 0 Å². The average Bonchev–Trinajstić information content (AvgIpc) is 2.43. The summed E-state index contributed by atoms with van der Waals surface area (Å²) in [5, 5.41) is 2.92. The molecule has 106 valence electrons. The Hall–Kier alpha value is -1.71. The largest absolute Gasteiger partial charge is 0.493 e. The molecule has 0 atom stereocenters. The van der Waals surface area contributed by atoms with Crippen LogP contribution >= 0.6 is 0 Å². The van der Waals surface area contributed by atoms with E-state index in [1.54, 1.807) is 14.2 Å². The van der Waals surface area contributed by atoms with Gasteiger partial charge < -0.3 is 14.8 Å². The molecule has 0 spiro atoms. The second-order valence-electron chi connectivity index (χ2n) is 4.42. The SMILES string of the molecule is CCCCCNC(=O)Cc1ccc(OC)c(OC)c1. The van der Waals surface area contributed by atoms with Gasteiger partial charge in [0, 0.05) is 6.54 Å². The van der Waals surface area contributed by atoms with Crippen LogP contribution in [0.1, 0.15) is 31.7 Å². The summed E-state index contributed by atoms with van der Waals surface area (Å²) >= 11 is 0. The van der Waals surface area contributed by atoms with Crippen molar-refractivity contribution in [3.63, 3.8) is 0 Å². The second-order valence-corrected chi connectivity index (χ2v) is 4.42. The standard InChI is InChI=1S/C15H23NO3/c1-4-5-6-9-16-15(17)11-12-7-8-13(18-2)14(10-12)19-3/h7-8,10H,4-6,9,11H2,1-3H3,(H,16,17). The van der Waals surface area contributed by atoms with Crippen molar-refractivity contribution < 1.29 is 14.3 Å². The maximum Gasteiger partial charge on any atom is 0.224 e. The molecule has 1 aromatic carbocycles. The lowest BCUT2D eigenvalue weighted by Crippen LogP contribution is -2.26. The molecule has 1 rings (SSSR count). The Morgan fingerprint density at radius 3 is 2.53 bits per heavy atom. The summed E-state index contributed by atoms with van der Waals surface area (Å²) in [4.78, 5) is 11.7. The van der Waals surface area contributed by atoms with Crippen LogP contribution in [-0.4, -0.2) is 26.7 Å². The van der Waals surface area contributed by atoms with Crippen LogP contribution in [0.25, 0.3) is 0 Å². The fourth-order valence-electron chi connectivity index (χ4n) is 1.84. The zero-order valence-electron chi connectivity index (χ0n) is 12.0. The van der Waals surface area contributed by atoms with E-state index in [9.17, 15) is 4.79 Å². The van der Waals surface area contributed by atoms with Gasteiger partial charge in [0.2, 0.25) is 5.91 Å². The Kier molecular flexibility index (Phi) is 6.79. The highest BCUT2D eigenvalue weighted by molar-refractivity contribution is 5.78. The molecule has 0 unspecified atom stereocenters. The van der Waals surface area contributed by atoms with Crippen LogP contribution in [0.2, 0.25) is 0 Å². The highest BCUT2D eigenvalue weighted by atomic mass is 16.5. The number of ether oxygens (including phenoxy) is 2. The fourth-order valence-corrected chi connectivity index (χ4v) is 1.84. The molecule has 0 saturated carbocycles. The summed E-state index contributed by atoms with van der Waals surface area (Å²) in [5.41, 5.74) is 0.922. The van der Waals surface area contributed by atoms with E-state index in [2.05, 4.69) is 12.2 Å². The van der Waals surface area contributed by atoms with Gasteiger partial charge in [-0.25, -0.2) is 0 Å². The number of carbonyl (C=O) groups is 1. The minimum Gasteiger partial charge on any atom is -0.493 e. The minimum absolute atomic E-state index is 0.0447. The van der Waals surface area contributed by atoms with E-state index in [-0.39, 0.29) is 5.91 Å². The summed E-state index contributed by atoms with van der Waals surface area (Å²) in [7, 11) is 3.18. The first-order chi connectivity index (χ1) is 9.21. The Balaban J connectivity index is 2.50.